The van der Waals surface area contributed by atoms with Gasteiger partial charge in [0, 0.05) is 39.8 Å². The molecule has 1 spiro atoms. The molecular weight excluding hydrogens is 337 g/mol. The Hall–Kier alpha value is -1.29. The average Bonchev–Trinajstić information content (AvgIpc) is 3.03. The minimum absolute atomic E-state index is 0.509. The van der Waals surface area contributed by atoms with Crippen LogP contribution >= 0.6 is 35.4 Å². The predicted octanol–water partition coefficient (Wildman–Crippen LogP) is 5.15. The Morgan fingerprint density at radius 2 is 1.77 bits per heavy atom. The van der Waals surface area contributed by atoms with E-state index < -0.39 is 5.72 Å². The molecule has 2 aromatic carbocycles. The third-order valence-corrected chi connectivity index (χ3v) is 5.15. The van der Waals surface area contributed by atoms with Gasteiger partial charge in [0.25, 0.3) is 0 Å². The summed E-state index contributed by atoms with van der Waals surface area (Å²) in [6.45, 7) is 0.923. The highest BCUT2D eigenvalue weighted by Crippen LogP contribution is 2.49. The largest absolute Gasteiger partial charge is 0.453 e. The summed E-state index contributed by atoms with van der Waals surface area (Å²) in [5, 5.41) is 1.93. The van der Waals surface area contributed by atoms with E-state index in [0.717, 1.165) is 41.2 Å². The first-order valence-corrected chi connectivity index (χ1v) is 8.33. The van der Waals surface area contributed by atoms with Crippen LogP contribution in [-0.4, -0.2) is 11.6 Å². The van der Waals surface area contributed by atoms with Crippen LogP contribution in [0.15, 0.2) is 42.5 Å². The molecule has 4 rings (SSSR count). The first-order chi connectivity index (χ1) is 10.6. The third kappa shape index (κ3) is 2.03. The van der Waals surface area contributed by atoms with Gasteiger partial charge in [0.1, 0.15) is 0 Å². The minimum Gasteiger partial charge on any atom is -0.453 e. The van der Waals surface area contributed by atoms with E-state index in [1.807, 2.05) is 42.5 Å². The number of fused-ring (bicyclic) bond motifs is 2. The summed E-state index contributed by atoms with van der Waals surface area (Å²) in [5.74, 6) is 0. The van der Waals surface area contributed by atoms with E-state index in [1.165, 1.54) is 0 Å². The van der Waals surface area contributed by atoms with Gasteiger partial charge in [0.2, 0.25) is 5.72 Å². The second-order valence-corrected chi connectivity index (χ2v) is 6.84. The molecule has 1 unspecified atom stereocenters. The van der Waals surface area contributed by atoms with Crippen LogP contribution in [0, 0.1) is 0 Å². The molecule has 0 aromatic heterocycles. The van der Waals surface area contributed by atoms with E-state index in [0.29, 0.717) is 10.1 Å². The first kappa shape index (κ1) is 14.3. The molecule has 0 radical (unpaired) electrons. The molecule has 2 heterocycles. The molecule has 5 heteroatoms. The lowest BCUT2D eigenvalue weighted by Gasteiger charge is -2.36. The molecule has 2 aliphatic heterocycles. The molecule has 0 bridgehead atoms. The van der Waals surface area contributed by atoms with Crippen molar-refractivity contribution < 1.29 is 4.74 Å². The van der Waals surface area contributed by atoms with Gasteiger partial charge < -0.3 is 9.64 Å². The van der Waals surface area contributed by atoms with Crippen LogP contribution < -0.4 is 4.90 Å². The van der Waals surface area contributed by atoms with E-state index in [-0.39, 0.29) is 0 Å². The predicted molar refractivity (Wildman–Crippen MR) is 93.9 cm³/mol. The maximum atomic E-state index is 6.20. The van der Waals surface area contributed by atoms with Crippen LogP contribution in [-0.2, 0) is 10.5 Å². The van der Waals surface area contributed by atoms with Gasteiger partial charge in [0.05, 0.1) is 0 Å². The third-order valence-electron chi connectivity index (χ3n) is 4.36. The summed E-state index contributed by atoms with van der Waals surface area (Å²) in [4.78, 5) is 2.27. The van der Waals surface area contributed by atoms with Gasteiger partial charge in [-0.3, -0.25) is 0 Å². The number of halogens is 2. The Bertz CT molecular complexity index is 762. The lowest BCUT2D eigenvalue weighted by atomic mass is 9.97. The molecule has 0 N–H and O–H groups in total. The van der Waals surface area contributed by atoms with Crippen molar-refractivity contribution in [1.82, 2.24) is 0 Å². The molecular formula is C17H13Cl2NOS. The van der Waals surface area contributed by atoms with Gasteiger partial charge in [-0.2, -0.15) is 0 Å². The van der Waals surface area contributed by atoms with E-state index in [9.17, 15) is 0 Å². The first-order valence-electron chi connectivity index (χ1n) is 7.17. The summed E-state index contributed by atoms with van der Waals surface area (Å²) >= 11 is 17.6. The smallest absolute Gasteiger partial charge is 0.211 e. The number of nitrogens with zero attached hydrogens (tertiary/aromatic N) is 1. The molecule has 1 atom stereocenters. The molecule has 1 saturated heterocycles. The molecule has 2 aliphatic rings. The number of ether oxygens (including phenoxy) is 1. The van der Waals surface area contributed by atoms with Crippen molar-refractivity contribution in [2.75, 3.05) is 11.4 Å². The van der Waals surface area contributed by atoms with Crippen molar-refractivity contribution in [2.24, 2.45) is 0 Å². The van der Waals surface area contributed by atoms with E-state index in [1.54, 1.807) is 0 Å². The molecule has 112 valence electrons. The Morgan fingerprint density at radius 1 is 1.05 bits per heavy atom. The van der Waals surface area contributed by atoms with Gasteiger partial charge in [-0.15, -0.1) is 0 Å². The number of thiocarbonyl (C=S) groups is 1. The normalized spacial score (nSPS) is 23.0. The fraction of sp³-hybridized carbons (Fsp3) is 0.235. The van der Waals surface area contributed by atoms with Crippen molar-refractivity contribution in [3.8, 4) is 0 Å². The van der Waals surface area contributed by atoms with Gasteiger partial charge in [-0.05, 0) is 55.0 Å². The van der Waals surface area contributed by atoms with E-state index in [4.69, 9.17) is 40.2 Å². The summed E-state index contributed by atoms with van der Waals surface area (Å²) in [6.07, 6.45) is 1.96. The van der Waals surface area contributed by atoms with E-state index >= 15 is 0 Å². The Labute approximate surface area is 144 Å². The molecule has 0 amide bonds. The maximum Gasteiger partial charge on any atom is 0.211 e. The number of anilines is 1. The SMILES string of the molecule is S=C1OC2(CCCN2c2ccc(Cl)cc2)c2ccc(Cl)cc21. The van der Waals surface area contributed by atoms with Crippen LogP contribution in [0.3, 0.4) is 0 Å². The molecule has 1 fully saturated rings. The quantitative estimate of drug-likeness (QED) is 0.660. The lowest BCUT2D eigenvalue weighted by molar-refractivity contribution is 0.0829. The van der Waals surface area contributed by atoms with Crippen LogP contribution in [0.25, 0.3) is 0 Å². The molecule has 0 aliphatic carbocycles. The van der Waals surface area contributed by atoms with Gasteiger partial charge in [0.15, 0.2) is 5.05 Å². The molecule has 2 nitrogen and oxygen atoms in total. The van der Waals surface area contributed by atoms with Crippen molar-refractivity contribution in [1.29, 1.82) is 0 Å². The highest BCUT2D eigenvalue weighted by molar-refractivity contribution is 7.80. The van der Waals surface area contributed by atoms with Gasteiger partial charge in [-0.25, -0.2) is 0 Å². The van der Waals surface area contributed by atoms with Crippen molar-refractivity contribution in [2.45, 2.75) is 18.6 Å². The fourth-order valence-corrected chi connectivity index (χ4v) is 4.03. The van der Waals surface area contributed by atoms with Gasteiger partial charge >= 0.3 is 0 Å². The molecule has 22 heavy (non-hydrogen) atoms. The topological polar surface area (TPSA) is 12.5 Å². The van der Waals surface area contributed by atoms with Crippen molar-refractivity contribution in [3.05, 3.63) is 63.6 Å². The van der Waals surface area contributed by atoms with Crippen LogP contribution in [0.5, 0.6) is 0 Å². The highest BCUT2D eigenvalue weighted by Gasteiger charge is 2.51. The minimum atomic E-state index is -0.509. The highest BCUT2D eigenvalue weighted by atomic mass is 35.5. The molecule has 0 saturated carbocycles. The number of rotatable bonds is 1. The van der Waals surface area contributed by atoms with Crippen LogP contribution in [0.4, 0.5) is 5.69 Å². The summed E-state index contributed by atoms with van der Waals surface area (Å²) in [5.41, 5.74) is 2.62. The number of benzene rings is 2. The Balaban J connectivity index is 1.84. The van der Waals surface area contributed by atoms with E-state index in [2.05, 4.69) is 4.90 Å². The zero-order chi connectivity index (χ0) is 15.3. The average molecular weight is 350 g/mol. The summed E-state index contributed by atoms with van der Waals surface area (Å²) in [7, 11) is 0. The zero-order valence-corrected chi connectivity index (χ0v) is 14.0. The zero-order valence-electron chi connectivity index (χ0n) is 11.7. The fourth-order valence-electron chi connectivity index (χ4n) is 3.43. The number of hydrogen-bond donors (Lipinski definition) is 0. The summed E-state index contributed by atoms with van der Waals surface area (Å²) < 4.78 is 6.20. The van der Waals surface area contributed by atoms with Gasteiger partial charge in [-0.1, -0.05) is 29.3 Å². The maximum absolute atomic E-state index is 6.20. The van der Waals surface area contributed by atoms with Crippen molar-refractivity contribution in [3.63, 3.8) is 0 Å². The standard InChI is InChI=1S/C17H13Cl2NOS/c18-11-2-5-13(6-3-11)20-9-1-8-17(20)15-7-4-12(19)10-14(15)16(22)21-17/h2-7,10H,1,8-9H2. The van der Waals surface area contributed by atoms with Crippen LogP contribution in [0.2, 0.25) is 10.0 Å². The second kappa shape index (κ2) is 5.12. The monoisotopic (exact) mass is 349 g/mol. The molecule has 2 aromatic rings. The second-order valence-electron chi connectivity index (χ2n) is 5.60. The Morgan fingerprint density at radius 3 is 2.55 bits per heavy atom. The van der Waals surface area contributed by atoms with Crippen LogP contribution in [0.1, 0.15) is 24.0 Å². The lowest BCUT2D eigenvalue weighted by Crippen LogP contribution is -2.41. The Kier molecular flexibility index (Phi) is 3.33. The number of hydrogen-bond acceptors (Lipinski definition) is 3. The van der Waals surface area contributed by atoms with Crippen molar-refractivity contribution >= 4 is 46.2 Å². The summed E-state index contributed by atoms with van der Waals surface area (Å²) in [6, 6.07) is 13.7.